The molecule has 2 aromatic rings. The molecule has 0 atom stereocenters. The number of nitriles is 1. The van der Waals surface area contributed by atoms with Gasteiger partial charge in [0.15, 0.2) is 5.16 Å². The van der Waals surface area contributed by atoms with E-state index < -0.39 is 0 Å². The zero-order valence-corrected chi connectivity index (χ0v) is 11.6. The molecule has 0 N–H and O–H groups in total. The molecule has 4 nitrogen and oxygen atoms in total. The Balaban J connectivity index is 2.14. The summed E-state index contributed by atoms with van der Waals surface area (Å²) in [6.45, 7) is 1.95. The fraction of sp³-hybridized carbons (Fsp3) is 0.214. The van der Waals surface area contributed by atoms with Crippen LogP contribution in [0.2, 0.25) is 0 Å². The lowest BCUT2D eigenvalue weighted by Crippen LogP contribution is -1.93. The van der Waals surface area contributed by atoms with Crippen LogP contribution in [-0.4, -0.2) is 17.1 Å². The number of ether oxygens (including phenoxy) is 1. The van der Waals surface area contributed by atoms with Crippen molar-refractivity contribution in [2.45, 2.75) is 17.8 Å². The van der Waals surface area contributed by atoms with Gasteiger partial charge in [0.1, 0.15) is 5.75 Å². The van der Waals surface area contributed by atoms with Crippen LogP contribution in [0.25, 0.3) is 0 Å². The van der Waals surface area contributed by atoms with Gasteiger partial charge in [-0.1, -0.05) is 11.8 Å². The zero-order chi connectivity index (χ0) is 13.7. The Kier molecular flexibility index (Phi) is 4.37. The summed E-state index contributed by atoms with van der Waals surface area (Å²) in [4.78, 5) is 8.47. The number of hydrogen-bond donors (Lipinski definition) is 0. The normalized spacial score (nSPS) is 9.95. The molecule has 0 saturated carbocycles. The molecule has 0 spiro atoms. The molecule has 0 bridgehead atoms. The van der Waals surface area contributed by atoms with Gasteiger partial charge in [0.25, 0.3) is 0 Å². The molecule has 0 aliphatic rings. The summed E-state index contributed by atoms with van der Waals surface area (Å²) in [5.74, 6) is 1.44. The molecule has 5 heteroatoms. The fourth-order valence-electron chi connectivity index (χ4n) is 1.56. The van der Waals surface area contributed by atoms with Crippen LogP contribution in [0.4, 0.5) is 0 Å². The van der Waals surface area contributed by atoms with Crippen LogP contribution in [-0.2, 0) is 5.75 Å². The van der Waals surface area contributed by atoms with E-state index in [2.05, 4.69) is 16.0 Å². The third-order valence-electron chi connectivity index (χ3n) is 2.52. The molecule has 0 unspecified atom stereocenters. The number of hydrogen-bond acceptors (Lipinski definition) is 5. The van der Waals surface area contributed by atoms with Crippen molar-refractivity contribution in [3.8, 4) is 11.8 Å². The van der Waals surface area contributed by atoms with E-state index in [1.54, 1.807) is 25.6 Å². The van der Waals surface area contributed by atoms with Crippen LogP contribution in [0.3, 0.4) is 0 Å². The van der Waals surface area contributed by atoms with Gasteiger partial charge in [-0.25, -0.2) is 9.97 Å². The molecule has 0 saturated heterocycles. The van der Waals surface area contributed by atoms with Crippen molar-refractivity contribution in [2.75, 3.05) is 7.11 Å². The van der Waals surface area contributed by atoms with E-state index >= 15 is 0 Å². The summed E-state index contributed by atoms with van der Waals surface area (Å²) in [6.07, 6.45) is 3.58. The Bertz CT molecular complexity index is 605. The van der Waals surface area contributed by atoms with Crippen molar-refractivity contribution >= 4 is 11.8 Å². The van der Waals surface area contributed by atoms with Crippen molar-refractivity contribution in [1.82, 2.24) is 9.97 Å². The van der Waals surface area contributed by atoms with Crippen LogP contribution in [0.15, 0.2) is 35.7 Å². The maximum Gasteiger partial charge on any atom is 0.187 e. The number of benzene rings is 1. The molecular weight excluding hydrogens is 258 g/mol. The van der Waals surface area contributed by atoms with Crippen molar-refractivity contribution in [2.24, 2.45) is 0 Å². The predicted octanol–water partition coefficient (Wildman–Crippen LogP) is 2.96. The number of thioether (sulfide) groups is 1. The van der Waals surface area contributed by atoms with E-state index in [-0.39, 0.29) is 0 Å². The zero-order valence-electron chi connectivity index (χ0n) is 10.8. The Hall–Kier alpha value is -2.06. The number of aryl methyl sites for hydroxylation is 1. The first-order chi connectivity index (χ1) is 9.22. The average molecular weight is 271 g/mol. The van der Waals surface area contributed by atoms with E-state index in [9.17, 15) is 0 Å². The van der Waals surface area contributed by atoms with Gasteiger partial charge < -0.3 is 4.74 Å². The molecule has 96 valence electrons. The van der Waals surface area contributed by atoms with Gasteiger partial charge in [-0.3, -0.25) is 0 Å². The van der Waals surface area contributed by atoms with Gasteiger partial charge in [-0.05, 0) is 30.7 Å². The molecule has 0 radical (unpaired) electrons. The smallest absolute Gasteiger partial charge is 0.187 e. The highest BCUT2D eigenvalue weighted by Gasteiger charge is 2.06. The molecule has 1 aromatic heterocycles. The number of aromatic nitrogens is 2. The van der Waals surface area contributed by atoms with Gasteiger partial charge >= 0.3 is 0 Å². The molecule has 19 heavy (non-hydrogen) atoms. The quantitative estimate of drug-likeness (QED) is 0.632. The summed E-state index contributed by atoms with van der Waals surface area (Å²) in [6, 6.07) is 7.52. The lowest BCUT2D eigenvalue weighted by atomic mass is 10.1. The van der Waals surface area contributed by atoms with Crippen LogP contribution in [0.1, 0.15) is 16.7 Å². The van der Waals surface area contributed by atoms with Crippen molar-refractivity contribution in [3.05, 3.63) is 47.3 Å². The topological polar surface area (TPSA) is 58.8 Å². The first-order valence-corrected chi connectivity index (χ1v) is 6.70. The summed E-state index contributed by atoms with van der Waals surface area (Å²) < 4.78 is 5.29. The lowest BCUT2D eigenvalue weighted by Gasteiger charge is -2.08. The standard InChI is InChI=1S/C14H13N3OS/c1-10-7-16-14(17-8-10)19-9-12-5-11(6-15)3-4-13(12)18-2/h3-5,7-8H,9H2,1-2H3. The molecular formula is C14H13N3OS. The van der Waals surface area contributed by atoms with Gasteiger partial charge in [-0.2, -0.15) is 5.26 Å². The lowest BCUT2D eigenvalue weighted by molar-refractivity contribution is 0.411. The summed E-state index contributed by atoms with van der Waals surface area (Å²) in [7, 11) is 1.62. The minimum atomic E-state index is 0.626. The number of nitrogens with zero attached hydrogens (tertiary/aromatic N) is 3. The molecule has 0 fully saturated rings. The maximum absolute atomic E-state index is 8.92. The molecule has 0 aliphatic heterocycles. The second-order valence-electron chi connectivity index (χ2n) is 3.97. The minimum absolute atomic E-state index is 0.626. The molecule has 1 heterocycles. The van der Waals surface area contributed by atoms with Crippen LogP contribution in [0.5, 0.6) is 5.75 Å². The summed E-state index contributed by atoms with van der Waals surface area (Å²) >= 11 is 1.52. The Morgan fingerprint density at radius 3 is 2.68 bits per heavy atom. The van der Waals surface area contributed by atoms with Crippen molar-refractivity contribution < 1.29 is 4.74 Å². The Labute approximate surface area is 116 Å². The van der Waals surface area contributed by atoms with Crippen LogP contribution >= 0.6 is 11.8 Å². The summed E-state index contributed by atoms with van der Waals surface area (Å²) in [5.41, 5.74) is 2.63. The highest BCUT2D eigenvalue weighted by atomic mass is 32.2. The van der Waals surface area contributed by atoms with Gasteiger partial charge in [0.05, 0.1) is 18.7 Å². The summed E-state index contributed by atoms with van der Waals surface area (Å²) in [5, 5.41) is 9.64. The van der Waals surface area contributed by atoms with E-state index in [0.717, 1.165) is 22.0 Å². The van der Waals surface area contributed by atoms with E-state index in [0.29, 0.717) is 11.3 Å². The van der Waals surface area contributed by atoms with E-state index in [4.69, 9.17) is 10.00 Å². The average Bonchev–Trinajstić information content (AvgIpc) is 2.46. The second-order valence-corrected chi connectivity index (χ2v) is 4.91. The largest absolute Gasteiger partial charge is 0.496 e. The van der Waals surface area contributed by atoms with E-state index in [1.807, 2.05) is 19.1 Å². The second kappa shape index (κ2) is 6.21. The van der Waals surface area contributed by atoms with Crippen molar-refractivity contribution in [1.29, 1.82) is 5.26 Å². The fourth-order valence-corrected chi connectivity index (χ4v) is 2.32. The predicted molar refractivity (Wildman–Crippen MR) is 74.0 cm³/mol. The van der Waals surface area contributed by atoms with Crippen molar-refractivity contribution in [3.63, 3.8) is 0 Å². The highest BCUT2D eigenvalue weighted by Crippen LogP contribution is 2.26. The van der Waals surface area contributed by atoms with Crippen LogP contribution < -0.4 is 4.74 Å². The Morgan fingerprint density at radius 1 is 1.32 bits per heavy atom. The number of rotatable bonds is 4. The maximum atomic E-state index is 8.92. The van der Waals surface area contributed by atoms with Gasteiger partial charge in [0, 0.05) is 23.7 Å². The first kappa shape index (κ1) is 13.4. The highest BCUT2D eigenvalue weighted by molar-refractivity contribution is 7.98. The van der Waals surface area contributed by atoms with Crippen LogP contribution in [0, 0.1) is 18.3 Å². The number of methoxy groups -OCH3 is 1. The Morgan fingerprint density at radius 2 is 2.05 bits per heavy atom. The monoisotopic (exact) mass is 271 g/mol. The van der Waals surface area contributed by atoms with E-state index in [1.165, 1.54) is 11.8 Å². The minimum Gasteiger partial charge on any atom is -0.496 e. The van der Waals surface area contributed by atoms with Gasteiger partial charge in [-0.15, -0.1) is 0 Å². The third kappa shape index (κ3) is 3.46. The first-order valence-electron chi connectivity index (χ1n) is 5.71. The van der Waals surface area contributed by atoms with Gasteiger partial charge in [0.2, 0.25) is 0 Å². The molecule has 0 amide bonds. The SMILES string of the molecule is COc1ccc(C#N)cc1CSc1ncc(C)cn1. The third-order valence-corrected chi connectivity index (χ3v) is 3.45. The molecule has 1 aromatic carbocycles. The molecule has 2 rings (SSSR count). The molecule has 0 aliphatic carbocycles.